The fraction of sp³-hybridized carbons (Fsp3) is 0.143. The minimum absolute atomic E-state index is 0.369. The van der Waals surface area contributed by atoms with Gasteiger partial charge in [0.2, 0.25) is 0 Å². The predicted molar refractivity (Wildman–Crippen MR) is 73.7 cm³/mol. The summed E-state index contributed by atoms with van der Waals surface area (Å²) in [5.74, 6) is -1.26. The van der Waals surface area contributed by atoms with Crippen molar-refractivity contribution in [2.75, 3.05) is 7.05 Å². The van der Waals surface area contributed by atoms with Crippen LogP contribution < -0.4 is 5.32 Å². The van der Waals surface area contributed by atoms with Gasteiger partial charge < -0.3 is 5.32 Å². The van der Waals surface area contributed by atoms with Gasteiger partial charge in [-0.2, -0.15) is 0 Å². The zero-order chi connectivity index (χ0) is 14.0. The molecule has 0 heterocycles. The van der Waals surface area contributed by atoms with E-state index in [9.17, 15) is 8.78 Å². The third kappa shape index (κ3) is 3.06. The Morgan fingerprint density at radius 1 is 1.05 bits per heavy atom. The summed E-state index contributed by atoms with van der Waals surface area (Å²) in [4.78, 5) is 0. The van der Waals surface area contributed by atoms with Gasteiger partial charge in [-0.15, -0.1) is 0 Å². The van der Waals surface area contributed by atoms with E-state index < -0.39 is 17.7 Å². The maximum Gasteiger partial charge on any atom is 0.126 e. The van der Waals surface area contributed by atoms with E-state index in [1.807, 2.05) is 0 Å². The molecular weight excluding hydrogens is 291 g/mol. The van der Waals surface area contributed by atoms with Crippen LogP contribution >= 0.6 is 23.2 Å². The summed E-state index contributed by atoms with van der Waals surface area (Å²) in [6, 6.07) is 8.09. The minimum atomic E-state index is -0.631. The molecule has 1 atom stereocenters. The first kappa shape index (κ1) is 14.3. The van der Waals surface area contributed by atoms with Crippen LogP contribution in [0.5, 0.6) is 0 Å². The Bertz CT molecular complexity index is 582. The van der Waals surface area contributed by atoms with Gasteiger partial charge in [-0.25, -0.2) is 8.78 Å². The molecule has 0 aliphatic carbocycles. The van der Waals surface area contributed by atoms with Gasteiger partial charge in [0.1, 0.15) is 11.6 Å². The fourth-order valence-corrected chi connectivity index (χ4v) is 2.40. The molecule has 0 spiro atoms. The highest BCUT2D eigenvalue weighted by Crippen LogP contribution is 2.33. The van der Waals surface area contributed by atoms with E-state index in [2.05, 4.69) is 5.32 Å². The molecule has 0 saturated carbocycles. The van der Waals surface area contributed by atoms with Crippen LogP contribution in [-0.2, 0) is 0 Å². The first-order chi connectivity index (χ1) is 9.02. The van der Waals surface area contributed by atoms with Crippen molar-refractivity contribution in [2.45, 2.75) is 6.04 Å². The standard InChI is InChI=1S/C14H11Cl2F2N/c1-19-14(8-5-9(17)7-10(18)6-8)11-3-2-4-12(15)13(11)16/h2-7,14,19H,1H3. The highest BCUT2D eigenvalue weighted by Gasteiger charge is 2.18. The van der Waals surface area contributed by atoms with Crippen molar-refractivity contribution in [1.29, 1.82) is 0 Å². The summed E-state index contributed by atoms with van der Waals surface area (Å²) in [7, 11) is 1.69. The summed E-state index contributed by atoms with van der Waals surface area (Å²) < 4.78 is 26.6. The molecule has 1 nitrogen and oxygen atoms in total. The van der Waals surface area contributed by atoms with Crippen molar-refractivity contribution in [3.05, 3.63) is 69.2 Å². The number of hydrogen-bond acceptors (Lipinski definition) is 1. The van der Waals surface area contributed by atoms with E-state index in [0.717, 1.165) is 6.07 Å². The second-order valence-corrected chi connectivity index (χ2v) is 4.85. The Morgan fingerprint density at radius 2 is 1.68 bits per heavy atom. The molecule has 0 radical (unpaired) electrons. The van der Waals surface area contributed by atoms with Gasteiger partial charge in [0.15, 0.2) is 0 Å². The van der Waals surface area contributed by atoms with Gasteiger partial charge in [0.05, 0.1) is 16.1 Å². The van der Waals surface area contributed by atoms with Crippen LogP contribution in [0.1, 0.15) is 17.2 Å². The number of rotatable bonds is 3. The van der Waals surface area contributed by atoms with Crippen molar-refractivity contribution >= 4 is 23.2 Å². The first-order valence-electron chi connectivity index (χ1n) is 5.60. The van der Waals surface area contributed by atoms with E-state index in [0.29, 0.717) is 21.2 Å². The molecule has 1 unspecified atom stereocenters. The first-order valence-corrected chi connectivity index (χ1v) is 6.35. The quantitative estimate of drug-likeness (QED) is 0.875. The van der Waals surface area contributed by atoms with Gasteiger partial charge in [0, 0.05) is 6.07 Å². The van der Waals surface area contributed by atoms with Crippen LogP contribution in [0.4, 0.5) is 8.78 Å². The molecular formula is C14H11Cl2F2N. The molecule has 0 aromatic heterocycles. The Labute approximate surface area is 120 Å². The Hall–Kier alpha value is -1.16. The third-order valence-corrected chi connectivity index (χ3v) is 3.63. The molecule has 2 rings (SSSR count). The molecule has 0 aliphatic rings. The van der Waals surface area contributed by atoms with E-state index >= 15 is 0 Å². The highest BCUT2D eigenvalue weighted by atomic mass is 35.5. The lowest BCUT2D eigenvalue weighted by Gasteiger charge is -2.19. The lowest BCUT2D eigenvalue weighted by atomic mass is 9.98. The Morgan fingerprint density at radius 3 is 2.26 bits per heavy atom. The van der Waals surface area contributed by atoms with Crippen LogP contribution in [0.2, 0.25) is 10.0 Å². The summed E-state index contributed by atoms with van der Waals surface area (Å²) in [6.07, 6.45) is 0. The Kier molecular flexibility index (Phi) is 4.40. The smallest absolute Gasteiger partial charge is 0.126 e. The summed E-state index contributed by atoms with van der Waals surface area (Å²) >= 11 is 12.1. The molecule has 5 heteroatoms. The number of nitrogens with one attached hydrogen (secondary N) is 1. The molecule has 0 bridgehead atoms. The molecule has 0 aliphatic heterocycles. The molecule has 0 saturated heterocycles. The van der Waals surface area contributed by atoms with E-state index in [1.54, 1.807) is 25.2 Å². The van der Waals surface area contributed by atoms with Crippen molar-refractivity contribution in [1.82, 2.24) is 5.32 Å². The fourth-order valence-electron chi connectivity index (χ4n) is 1.99. The van der Waals surface area contributed by atoms with Gasteiger partial charge in [-0.1, -0.05) is 35.3 Å². The predicted octanol–water partition coefficient (Wildman–Crippen LogP) is 4.58. The topological polar surface area (TPSA) is 12.0 Å². The minimum Gasteiger partial charge on any atom is -0.309 e. The molecule has 2 aromatic carbocycles. The summed E-state index contributed by atoms with van der Waals surface area (Å²) in [6.45, 7) is 0. The van der Waals surface area contributed by atoms with Crippen molar-refractivity contribution in [3.63, 3.8) is 0 Å². The normalized spacial score (nSPS) is 12.5. The highest BCUT2D eigenvalue weighted by molar-refractivity contribution is 6.42. The second kappa shape index (κ2) is 5.87. The van der Waals surface area contributed by atoms with Crippen LogP contribution in [0.25, 0.3) is 0 Å². The number of halogens is 4. The Balaban J connectivity index is 2.53. The lowest BCUT2D eigenvalue weighted by molar-refractivity contribution is 0.571. The van der Waals surface area contributed by atoms with Crippen molar-refractivity contribution < 1.29 is 8.78 Å². The van der Waals surface area contributed by atoms with E-state index in [-0.39, 0.29) is 0 Å². The second-order valence-electron chi connectivity index (χ2n) is 4.07. The zero-order valence-corrected chi connectivity index (χ0v) is 11.6. The largest absolute Gasteiger partial charge is 0.309 e. The maximum atomic E-state index is 13.3. The average molecular weight is 302 g/mol. The summed E-state index contributed by atoms with van der Waals surface area (Å²) in [5, 5.41) is 3.75. The molecule has 0 fully saturated rings. The van der Waals surface area contributed by atoms with Gasteiger partial charge in [0.25, 0.3) is 0 Å². The van der Waals surface area contributed by atoms with Gasteiger partial charge in [-0.3, -0.25) is 0 Å². The molecule has 100 valence electrons. The molecule has 19 heavy (non-hydrogen) atoms. The SMILES string of the molecule is CNC(c1cc(F)cc(F)c1)c1cccc(Cl)c1Cl. The zero-order valence-electron chi connectivity index (χ0n) is 10.1. The van der Waals surface area contributed by atoms with Gasteiger partial charge >= 0.3 is 0 Å². The monoisotopic (exact) mass is 301 g/mol. The summed E-state index contributed by atoms with van der Waals surface area (Å²) in [5.41, 5.74) is 1.12. The van der Waals surface area contributed by atoms with Crippen molar-refractivity contribution in [3.8, 4) is 0 Å². The molecule has 1 N–H and O–H groups in total. The van der Waals surface area contributed by atoms with Crippen LogP contribution in [0.15, 0.2) is 36.4 Å². The van der Waals surface area contributed by atoms with Crippen LogP contribution in [0.3, 0.4) is 0 Å². The average Bonchev–Trinajstić information content (AvgIpc) is 2.34. The van der Waals surface area contributed by atoms with Crippen LogP contribution in [-0.4, -0.2) is 7.05 Å². The number of hydrogen-bond donors (Lipinski definition) is 1. The third-order valence-electron chi connectivity index (χ3n) is 2.80. The maximum absolute atomic E-state index is 13.3. The van der Waals surface area contributed by atoms with Crippen LogP contribution in [0, 0.1) is 11.6 Å². The van der Waals surface area contributed by atoms with E-state index in [4.69, 9.17) is 23.2 Å². The van der Waals surface area contributed by atoms with E-state index in [1.165, 1.54) is 12.1 Å². The van der Waals surface area contributed by atoms with Gasteiger partial charge in [-0.05, 0) is 36.4 Å². The van der Waals surface area contributed by atoms with Crippen molar-refractivity contribution in [2.24, 2.45) is 0 Å². The molecule has 0 amide bonds. The molecule has 2 aromatic rings. The number of benzene rings is 2. The lowest BCUT2D eigenvalue weighted by Crippen LogP contribution is -2.18.